The summed E-state index contributed by atoms with van der Waals surface area (Å²) in [6.45, 7) is 5.57. The van der Waals surface area contributed by atoms with Crippen molar-refractivity contribution >= 4 is 23.1 Å². The van der Waals surface area contributed by atoms with Crippen molar-refractivity contribution in [1.82, 2.24) is 4.90 Å². The van der Waals surface area contributed by atoms with Crippen LogP contribution < -0.4 is 0 Å². The number of hydrogen-bond donors (Lipinski definition) is 1. The van der Waals surface area contributed by atoms with Gasteiger partial charge in [-0.3, -0.25) is 14.5 Å². The molecule has 2 heterocycles. The van der Waals surface area contributed by atoms with E-state index in [4.69, 9.17) is 0 Å². The smallest absolute Gasteiger partial charge is 0.308 e. The van der Waals surface area contributed by atoms with E-state index in [0.717, 1.165) is 28.1 Å². The average molecular weight is 343 g/mol. The van der Waals surface area contributed by atoms with Crippen molar-refractivity contribution < 1.29 is 14.7 Å². The Morgan fingerprint density at radius 2 is 2.04 bits per heavy atom. The van der Waals surface area contributed by atoms with E-state index in [1.165, 1.54) is 11.3 Å². The third-order valence-corrected chi connectivity index (χ3v) is 5.79. The molecular formula is C19H21NO3S. The molecule has 24 heavy (non-hydrogen) atoms. The van der Waals surface area contributed by atoms with Crippen LogP contribution in [-0.4, -0.2) is 34.8 Å². The first-order valence-electron chi connectivity index (χ1n) is 8.04. The summed E-state index contributed by atoms with van der Waals surface area (Å²) >= 11 is 1.46. The lowest BCUT2D eigenvalue weighted by Gasteiger charge is -2.17. The lowest BCUT2D eigenvalue weighted by atomic mass is 9.86. The van der Waals surface area contributed by atoms with Crippen molar-refractivity contribution in [2.24, 2.45) is 5.92 Å². The number of hydrogen-bond acceptors (Lipinski definition) is 4. The first-order valence-corrected chi connectivity index (χ1v) is 8.92. The van der Waals surface area contributed by atoms with Crippen LogP contribution >= 0.6 is 11.3 Å². The molecule has 2 atom stereocenters. The Bertz CT molecular complexity index is 767. The number of thiophene rings is 1. The van der Waals surface area contributed by atoms with E-state index in [0.29, 0.717) is 13.1 Å². The molecule has 1 aromatic carbocycles. The third-order valence-electron chi connectivity index (χ3n) is 4.71. The highest BCUT2D eigenvalue weighted by Gasteiger charge is 2.38. The van der Waals surface area contributed by atoms with Gasteiger partial charge in [0.1, 0.15) is 0 Å². The molecule has 5 heteroatoms. The number of carbonyl (C=O) groups is 2. The first kappa shape index (κ1) is 16.9. The fraction of sp³-hybridized carbons (Fsp3) is 0.368. The van der Waals surface area contributed by atoms with Crippen LogP contribution in [0.3, 0.4) is 0 Å². The number of Topliss-reactive ketones (excluding diaryl/α,β-unsaturated/α-hetero) is 1. The summed E-state index contributed by atoms with van der Waals surface area (Å²) in [5, 5.41) is 11.6. The Labute approximate surface area is 145 Å². The number of ketones is 1. The van der Waals surface area contributed by atoms with Crippen LogP contribution in [0.1, 0.15) is 39.2 Å². The molecule has 0 bridgehead atoms. The fourth-order valence-electron chi connectivity index (χ4n) is 3.48. The summed E-state index contributed by atoms with van der Waals surface area (Å²) in [6, 6.07) is 9.95. The van der Waals surface area contributed by atoms with Crippen molar-refractivity contribution in [2.75, 3.05) is 13.1 Å². The number of aliphatic carboxylic acids is 1. The van der Waals surface area contributed by atoms with E-state index in [1.807, 2.05) is 42.6 Å². The molecule has 1 aromatic heterocycles. The molecule has 1 N–H and O–H groups in total. The molecule has 0 saturated carbocycles. The van der Waals surface area contributed by atoms with Gasteiger partial charge in [-0.15, -0.1) is 11.3 Å². The summed E-state index contributed by atoms with van der Waals surface area (Å²) in [7, 11) is 0. The summed E-state index contributed by atoms with van der Waals surface area (Å²) < 4.78 is 0. The second-order valence-corrected chi connectivity index (χ2v) is 7.39. The number of nitrogens with zero attached hydrogens (tertiary/aromatic N) is 1. The molecule has 3 rings (SSSR count). The van der Waals surface area contributed by atoms with Gasteiger partial charge < -0.3 is 5.11 Å². The highest BCUT2D eigenvalue weighted by Crippen LogP contribution is 2.35. The third kappa shape index (κ3) is 3.42. The second-order valence-electron chi connectivity index (χ2n) is 6.48. The maximum absolute atomic E-state index is 11.7. The molecule has 0 radical (unpaired) electrons. The van der Waals surface area contributed by atoms with Gasteiger partial charge >= 0.3 is 5.97 Å². The van der Waals surface area contributed by atoms with Gasteiger partial charge in [-0.25, -0.2) is 0 Å². The summed E-state index contributed by atoms with van der Waals surface area (Å²) in [6.07, 6.45) is 0. The maximum atomic E-state index is 11.7. The highest BCUT2D eigenvalue weighted by molar-refractivity contribution is 7.12. The Kier molecular flexibility index (Phi) is 4.83. The lowest BCUT2D eigenvalue weighted by molar-refractivity contribution is -0.141. The van der Waals surface area contributed by atoms with Crippen molar-refractivity contribution in [2.45, 2.75) is 26.3 Å². The van der Waals surface area contributed by atoms with Crippen molar-refractivity contribution in [3.05, 3.63) is 57.3 Å². The van der Waals surface area contributed by atoms with Gasteiger partial charge in [-0.05, 0) is 42.0 Å². The zero-order valence-electron chi connectivity index (χ0n) is 13.9. The average Bonchev–Trinajstić information content (AvgIpc) is 3.15. The van der Waals surface area contributed by atoms with E-state index >= 15 is 0 Å². The molecule has 0 spiro atoms. The van der Waals surface area contributed by atoms with E-state index in [1.54, 1.807) is 6.92 Å². The standard InChI is InChI=1S/C19H21NO3S/c1-12-5-3-4-6-15(12)16-9-20(10-17(16)19(22)23)8-14-7-18(13(2)21)24-11-14/h3-7,11,16-17H,8-10H2,1-2H3,(H,22,23)/t16-,17+/m1/s1. The van der Waals surface area contributed by atoms with Gasteiger partial charge in [0.25, 0.3) is 0 Å². The Hall–Kier alpha value is -1.98. The first-order chi connectivity index (χ1) is 11.5. The van der Waals surface area contributed by atoms with Crippen molar-refractivity contribution in [3.8, 4) is 0 Å². The van der Waals surface area contributed by atoms with Gasteiger partial charge in [0.05, 0.1) is 10.8 Å². The Morgan fingerprint density at radius 3 is 2.67 bits per heavy atom. The number of likely N-dealkylation sites (tertiary alicyclic amines) is 1. The minimum atomic E-state index is -0.736. The quantitative estimate of drug-likeness (QED) is 0.844. The van der Waals surface area contributed by atoms with E-state index < -0.39 is 11.9 Å². The second kappa shape index (κ2) is 6.87. The van der Waals surface area contributed by atoms with Crippen LogP contribution in [0, 0.1) is 12.8 Å². The lowest BCUT2D eigenvalue weighted by Crippen LogP contribution is -2.23. The zero-order valence-corrected chi connectivity index (χ0v) is 14.7. The molecule has 1 aliphatic heterocycles. The molecule has 0 amide bonds. The Balaban J connectivity index is 1.78. The predicted octanol–water partition coefficient (Wildman–Crippen LogP) is 3.56. The monoisotopic (exact) mass is 343 g/mol. The van der Waals surface area contributed by atoms with Crippen LogP contribution in [0.5, 0.6) is 0 Å². The number of aryl methyl sites for hydroxylation is 1. The number of carbonyl (C=O) groups excluding carboxylic acids is 1. The number of carboxylic acids is 1. The van der Waals surface area contributed by atoms with Gasteiger partial charge in [0, 0.05) is 25.6 Å². The SMILES string of the molecule is CC(=O)c1cc(CN2C[C@H](C(=O)O)[C@@H](c3ccccc3C)C2)cs1. The summed E-state index contributed by atoms with van der Waals surface area (Å²) in [4.78, 5) is 26.1. The van der Waals surface area contributed by atoms with Crippen LogP contribution in [0.25, 0.3) is 0 Å². The minimum absolute atomic E-state index is 0.00890. The van der Waals surface area contributed by atoms with Gasteiger partial charge in [0.15, 0.2) is 5.78 Å². The molecule has 2 aromatic rings. The zero-order chi connectivity index (χ0) is 17.3. The largest absolute Gasteiger partial charge is 0.481 e. The molecule has 1 fully saturated rings. The summed E-state index contributed by atoms with van der Waals surface area (Å²) in [5.74, 6) is -1.04. The normalized spacial score (nSPS) is 21.1. The van der Waals surface area contributed by atoms with Gasteiger partial charge in [-0.1, -0.05) is 24.3 Å². The minimum Gasteiger partial charge on any atom is -0.481 e. The van der Waals surface area contributed by atoms with E-state index in [9.17, 15) is 14.7 Å². The molecule has 126 valence electrons. The number of carboxylic acid groups (broad SMARTS) is 1. The fourth-order valence-corrected chi connectivity index (χ4v) is 4.29. The predicted molar refractivity (Wildman–Crippen MR) is 94.6 cm³/mol. The van der Waals surface area contributed by atoms with Crippen LogP contribution in [0.15, 0.2) is 35.7 Å². The molecule has 0 unspecified atom stereocenters. The van der Waals surface area contributed by atoms with E-state index in [-0.39, 0.29) is 11.7 Å². The van der Waals surface area contributed by atoms with Gasteiger partial charge in [0.2, 0.25) is 0 Å². The molecular weight excluding hydrogens is 322 g/mol. The molecule has 4 nitrogen and oxygen atoms in total. The molecule has 1 aliphatic rings. The van der Waals surface area contributed by atoms with E-state index in [2.05, 4.69) is 4.90 Å². The highest BCUT2D eigenvalue weighted by atomic mass is 32.1. The van der Waals surface area contributed by atoms with Gasteiger partial charge in [-0.2, -0.15) is 0 Å². The van der Waals surface area contributed by atoms with Crippen LogP contribution in [0.2, 0.25) is 0 Å². The topological polar surface area (TPSA) is 57.6 Å². The molecule has 0 aliphatic carbocycles. The van der Waals surface area contributed by atoms with Crippen LogP contribution in [-0.2, 0) is 11.3 Å². The number of rotatable bonds is 5. The van der Waals surface area contributed by atoms with Crippen molar-refractivity contribution in [3.63, 3.8) is 0 Å². The summed E-state index contributed by atoms with van der Waals surface area (Å²) in [5.41, 5.74) is 3.35. The molecule has 1 saturated heterocycles. The maximum Gasteiger partial charge on any atom is 0.308 e. The van der Waals surface area contributed by atoms with Crippen molar-refractivity contribution in [1.29, 1.82) is 0 Å². The van der Waals surface area contributed by atoms with Crippen LogP contribution in [0.4, 0.5) is 0 Å². The Morgan fingerprint density at radius 1 is 1.29 bits per heavy atom. The number of benzene rings is 1.